The third kappa shape index (κ3) is 2.33. The fraction of sp³-hybridized carbons (Fsp3) is 0.263. The highest BCUT2D eigenvalue weighted by molar-refractivity contribution is 6.07. The van der Waals surface area contributed by atoms with Crippen molar-refractivity contribution in [3.05, 3.63) is 64.7 Å². The Labute approximate surface area is 129 Å². The summed E-state index contributed by atoms with van der Waals surface area (Å²) in [7, 11) is 0. The van der Waals surface area contributed by atoms with Crippen LogP contribution in [0.2, 0.25) is 0 Å². The van der Waals surface area contributed by atoms with Crippen LogP contribution in [0.4, 0.5) is 0 Å². The molecule has 0 aliphatic carbocycles. The molecule has 1 heterocycles. The first-order valence-corrected chi connectivity index (χ1v) is 7.40. The van der Waals surface area contributed by atoms with Crippen LogP contribution >= 0.6 is 0 Å². The van der Waals surface area contributed by atoms with Crippen molar-refractivity contribution in [3.8, 4) is 5.75 Å². The van der Waals surface area contributed by atoms with Crippen molar-refractivity contribution in [1.82, 2.24) is 0 Å². The summed E-state index contributed by atoms with van der Waals surface area (Å²) in [5.41, 5.74) is 2.84. The maximum atomic E-state index is 12.7. The topological polar surface area (TPSA) is 43.4 Å². The zero-order valence-corrected chi connectivity index (χ0v) is 12.9. The average molecular weight is 294 g/mol. The largest absolute Gasteiger partial charge is 0.483 e. The number of benzene rings is 2. The normalized spacial score (nSPS) is 20.2. The summed E-state index contributed by atoms with van der Waals surface area (Å²) in [5.74, 6) is 0.0852. The zero-order chi connectivity index (χ0) is 15.9. The molecule has 1 aliphatic rings. The molecular formula is C19H18O3. The number of rotatable bonds is 2. The van der Waals surface area contributed by atoms with Crippen molar-refractivity contribution in [3.63, 3.8) is 0 Å². The molecule has 22 heavy (non-hydrogen) atoms. The van der Waals surface area contributed by atoms with Gasteiger partial charge >= 0.3 is 0 Å². The smallest absolute Gasteiger partial charge is 0.173 e. The lowest BCUT2D eigenvalue weighted by Crippen LogP contribution is -2.30. The number of hydrogen-bond donors (Lipinski definition) is 0. The monoisotopic (exact) mass is 294 g/mol. The Morgan fingerprint density at radius 2 is 1.82 bits per heavy atom. The van der Waals surface area contributed by atoms with Gasteiger partial charge in [0.1, 0.15) is 11.9 Å². The van der Waals surface area contributed by atoms with E-state index in [1.165, 1.54) is 6.92 Å². The molecule has 0 bridgehead atoms. The molecule has 0 N–H and O–H groups in total. The minimum Gasteiger partial charge on any atom is -0.483 e. The van der Waals surface area contributed by atoms with Crippen LogP contribution in [0.5, 0.6) is 5.75 Å². The Morgan fingerprint density at radius 1 is 1.14 bits per heavy atom. The minimum atomic E-state index is -0.359. The fourth-order valence-electron chi connectivity index (χ4n) is 2.96. The first-order chi connectivity index (χ1) is 10.5. The molecule has 2 unspecified atom stereocenters. The third-order valence-corrected chi connectivity index (χ3v) is 4.12. The van der Waals surface area contributed by atoms with E-state index in [0.29, 0.717) is 16.9 Å². The molecule has 2 aromatic rings. The Kier molecular flexibility index (Phi) is 3.57. The van der Waals surface area contributed by atoms with E-state index in [9.17, 15) is 9.59 Å². The lowest BCUT2D eigenvalue weighted by Gasteiger charge is -2.32. The highest BCUT2D eigenvalue weighted by atomic mass is 16.5. The molecule has 0 saturated carbocycles. The summed E-state index contributed by atoms with van der Waals surface area (Å²) in [5, 5.41) is 0. The van der Waals surface area contributed by atoms with Gasteiger partial charge in [-0.3, -0.25) is 9.59 Å². The molecule has 0 aromatic heterocycles. The number of fused-ring (bicyclic) bond motifs is 1. The molecule has 3 heteroatoms. The first-order valence-electron chi connectivity index (χ1n) is 7.40. The van der Waals surface area contributed by atoms with Crippen molar-refractivity contribution in [2.45, 2.75) is 26.9 Å². The number of hydrogen-bond acceptors (Lipinski definition) is 3. The van der Waals surface area contributed by atoms with Crippen LogP contribution < -0.4 is 4.74 Å². The summed E-state index contributed by atoms with van der Waals surface area (Å²) < 4.78 is 6.11. The number of aryl methyl sites for hydroxylation is 1. The standard InChI is InChI=1S/C19H18O3/c1-11-9-15(13(3)20)19-16(10-11)17(21)12(2)18(22-19)14-7-5-4-6-8-14/h4-10,12,18H,1-3H3. The van der Waals surface area contributed by atoms with Crippen LogP contribution in [-0.4, -0.2) is 11.6 Å². The van der Waals surface area contributed by atoms with Gasteiger partial charge in [-0.1, -0.05) is 37.3 Å². The number of carbonyl (C=O) groups excluding carboxylic acids is 2. The van der Waals surface area contributed by atoms with Crippen molar-refractivity contribution >= 4 is 11.6 Å². The van der Waals surface area contributed by atoms with Crippen LogP contribution in [0, 0.1) is 12.8 Å². The maximum Gasteiger partial charge on any atom is 0.173 e. The molecule has 2 atom stereocenters. The van der Waals surface area contributed by atoms with E-state index in [1.807, 2.05) is 50.2 Å². The van der Waals surface area contributed by atoms with E-state index in [1.54, 1.807) is 6.07 Å². The summed E-state index contributed by atoms with van der Waals surface area (Å²) in [6.07, 6.45) is -0.359. The van der Waals surface area contributed by atoms with Crippen molar-refractivity contribution in [1.29, 1.82) is 0 Å². The predicted molar refractivity (Wildman–Crippen MR) is 84.5 cm³/mol. The molecule has 0 saturated heterocycles. The zero-order valence-electron chi connectivity index (χ0n) is 12.9. The lowest BCUT2D eigenvalue weighted by molar-refractivity contribution is 0.0685. The van der Waals surface area contributed by atoms with E-state index >= 15 is 0 Å². The summed E-state index contributed by atoms with van der Waals surface area (Å²) in [4.78, 5) is 24.6. The van der Waals surface area contributed by atoms with Crippen molar-refractivity contribution in [2.24, 2.45) is 5.92 Å². The van der Waals surface area contributed by atoms with Gasteiger partial charge in [-0.15, -0.1) is 0 Å². The SMILES string of the molecule is CC(=O)c1cc(C)cc2c1OC(c1ccccc1)C(C)C2=O. The number of ketones is 2. The third-order valence-electron chi connectivity index (χ3n) is 4.12. The Hall–Kier alpha value is -2.42. The molecule has 2 aromatic carbocycles. The van der Waals surface area contributed by atoms with Crippen LogP contribution in [0.15, 0.2) is 42.5 Å². The average Bonchev–Trinajstić information content (AvgIpc) is 2.51. The number of Topliss-reactive ketones (excluding diaryl/α,β-unsaturated/α-hetero) is 2. The van der Waals surface area contributed by atoms with E-state index in [4.69, 9.17) is 4.74 Å². The molecule has 112 valence electrons. The highest BCUT2D eigenvalue weighted by Gasteiger charge is 2.36. The second kappa shape index (κ2) is 5.41. The Balaban J connectivity index is 2.15. The van der Waals surface area contributed by atoms with Gasteiger partial charge in [0.25, 0.3) is 0 Å². The molecule has 3 rings (SSSR count). The van der Waals surface area contributed by atoms with E-state index in [-0.39, 0.29) is 23.6 Å². The molecular weight excluding hydrogens is 276 g/mol. The van der Waals surface area contributed by atoms with Gasteiger partial charge in [0, 0.05) is 0 Å². The second-order valence-electron chi connectivity index (χ2n) is 5.85. The molecule has 1 aliphatic heterocycles. The summed E-state index contributed by atoms with van der Waals surface area (Å²) in [6.45, 7) is 5.26. The van der Waals surface area contributed by atoms with E-state index in [0.717, 1.165) is 11.1 Å². The van der Waals surface area contributed by atoms with Gasteiger partial charge in [0.2, 0.25) is 0 Å². The predicted octanol–water partition coefficient (Wildman–Crippen LogP) is 4.15. The van der Waals surface area contributed by atoms with E-state index in [2.05, 4.69) is 0 Å². The number of carbonyl (C=O) groups is 2. The van der Waals surface area contributed by atoms with Crippen LogP contribution in [0.1, 0.15) is 51.8 Å². The quantitative estimate of drug-likeness (QED) is 0.781. The second-order valence-corrected chi connectivity index (χ2v) is 5.85. The fourth-order valence-corrected chi connectivity index (χ4v) is 2.96. The van der Waals surface area contributed by atoms with Crippen LogP contribution in [0.3, 0.4) is 0 Å². The van der Waals surface area contributed by atoms with Gasteiger partial charge in [0.05, 0.1) is 17.0 Å². The Morgan fingerprint density at radius 3 is 2.45 bits per heavy atom. The Bertz CT molecular complexity index is 747. The lowest BCUT2D eigenvalue weighted by atomic mass is 9.85. The van der Waals surface area contributed by atoms with Crippen molar-refractivity contribution in [2.75, 3.05) is 0 Å². The molecule has 0 amide bonds. The van der Waals surface area contributed by atoms with Gasteiger partial charge in [-0.2, -0.15) is 0 Å². The number of ether oxygens (including phenoxy) is 1. The van der Waals surface area contributed by atoms with Gasteiger partial charge in [0.15, 0.2) is 11.6 Å². The van der Waals surface area contributed by atoms with Gasteiger partial charge in [-0.25, -0.2) is 0 Å². The van der Waals surface area contributed by atoms with Crippen molar-refractivity contribution < 1.29 is 14.3 Å². The summed E-state index contributed by atoms with van der Waals surface area (Å²) >= 11 is 0. The molecule has 0 radical (unpaired) electrons. The first kappa shape index (κ1) is 14.5. The maximum absolute atomic E-state index is 12.7. The highest BCUT2D eigenvalue weighted by Crippen LogP contribution is 2.41. The van der Waals surface area contributed by atoms with Crippen LogP contribution in [0.25, 0.3) is 0 Å². The van der Waals surface area contributed by atoms with Crippen LogP contribution in [-0.2, 0) is 0 Å². The summed E-state index contributed by atoms with van der Waals surface area (Å²) in [6, 6.07) is 13.3. The van der Waals surface area contributed by atoms with E-state index < -0.39 is 0 Å². The molecule has 0 spiro atoms. The molecule has 3 nitrogen and oxygen atoms in total. The van der Waals surface area contributed by atoms with Gasteiger partial charge < -0.3 is 4.74 Å². The van der Waals surface area contributed by atoms with Gasteiger partial charge in [-0.05, 0) is 37.1 Å². The molecule has 0 fully saturated rings. The minimum absolute atomic E-state index is 0.0290.